The molecule has 4 nitrogen and oxygen atoms in total. The Morgan fingerprint density at radius 1 is 0.391 bits per heavy atom. The van der Waals surface area contributed by atoms with Crippen LogP contribution in [-0.2, 0) is 10.8 Å². The maximum Gasteiger partial charge on any atom is 0.160 e. The van der Waals surface area contributed by atoms with Crippen molar-refractivity contribution in [1.82, 2.24) is 4.57 Å². The molecule has 3 heterocycles. The Kier molecular flexibility index (Phi) is 6.94. The average Bonchev–Trinajstić information content (AvgIpc) is 4.09. The smallest absolute Gasteiger partial charge is 0.160 e. The van der Waals surface area contributed by atoms with E-state index in [1.807, 2.05) is 6.07 Å². The van der Waals surface area contributed by atoms with Gasteiger partial charge in [0.2, 0.25) is 0 Å². The summed E-state index contributed by atoms with van der Waals surface area (Å²) in [5, 5.41) is 6.53. The Labute approximate surface area is 370 Å². The first-order valence-electron chi connectivity index (χ1n) is 22.3. The molecule has 2 aliphatic rings. The monoisotopic (exact) mass is 822 g/mol. The summed E-state index contributed by atoms with van der Waals surface area (Å²) in [6.07, 6.45) is 0. The summed E-state index contributed by atoms with van der Waals surface area (Å²) in [5.41, 5.74) is 19.9. The van der Waals surface area contributed by atoms with Gasteiger partial charge in [0.1, 0.15) is 16.9 Å². The molecular formula is C60H42N2O2. The lowest BCUT2D eigenvalue weighted by molar-refractivity contribution is 0.659. The number of hydrogen-bond donors (Lipinski definition) is 0. The van der Waals surface area contributed by atoms with Crippen LogP contribution < -0.4 is 4.90 Å². The molecule has 0 unspecified atom stereocenters. The summed E-state index contributed by atoms with van der Waals surface area (Å²) in [6.45, 7) is 9.43. The quantitative estimate of drug-likeness (QED) is 0.177. The topological polar surface area (TPSA) is 34.5 Å². The van der Waals surface area contributed by atoms with E-state index in [0.29, 0.717) is 0 Å². The van der Waals surface area contributed by atoms with Crippen molar-refractivity contribution >= 4 is 82.7 Å². The highest BCUT2D eigenvalue weighted by atomic mass is 16.3. The number of para-hydroxylation sites is 4. The lowest BCUT2D eigenvalue weighted by Crippen LogP contribution is -2.18. The van der Waals surface area contributed by atoms with Crippen molar-refractivity contribution in [3.8, 4) is 27.9 Å². The molecule has 3 aromatic heterocycles. The van der Waals surface area contributed by atoms with Gasteiger partial charge in [0.05, 0.1) is 22.1 Å². The van der Waals surface area contributed by atoms with Gasteiger partial charge in [-0.25, -0.2) is 0 Å². The molecule has 0 amide bonds. The van der Waals surface area contributed by atoms with Crippen LogP contribution in [0.2, 0.25) is 0 Å². The number of aromatic nitrogens is 1. The number of nitrogens with zero attached hydrogens (tertiary/aromatic N) is 2. The molecule has 0 atom stereocenters. The van der Waals surface area contributed by atoms with E-state index in [1.54, 1.807) is 0 Å². The minimum Gasteiger partial charge on any atom is -0.456 e. The van der Waals surface area contributed by atoms with Gasteiger partial charge in [-0.1, -0.05) is 155 Å². The first kappa shape index (κ1) is 35.7. The molecule has 304 valence electrons. The van der Waals surface area contributed by atoms with E-state index in [4.69, 9.17) is 8.83 Å². The molecule has 0 aliphatic heterocycles. The standard InChI is InChI=1S/C60H42N2O2/c1-59(2)46-22-10-5-16-37(46)39-30-28-35(32-48(39)59)61(36-29-31-40-38-17-6-11-23-47(38)60(3,4)49(40)33-36)52-26-15-21-43-45-34-54-55(44-20-9-14-27-53(44)63-54)56(58(45)64-57(43)52)62-50-24-12-7-18-41(50)42-19-8-13-25-51(42)62/h5-34H,1-4H3. The maximum atomic E-state index is 7.55. The van der Waals surface area contributed by atoms with Crippen LogP contribution in [0.4, 0.5) is 17.1 Å². The molecule has 64 heavy (non-hydrogen) atoms. The van der Waals surface area contributed by atoms with Crippen molar-refractivity contribution in [2.75, 3.05) is 4.90 Å². The van der Waals surface area contributed by atoms with Crippen molar-refractivity contribution < 1.29 is 8.83 Å². The zero-order valence-electron chi connectivity index (χ0n) is 36.0. The molecule has 2 aliphatic carbocycles. The third-order valence-corrected chi connectivity index (χ3v) is 14.8. The van der Waals surface area contributed by atoms with Crippen LogP contribution in [0.25, 0.3) is 93.6 Å². The number of furan rings is 2. The van der Waals surface area contributed by atoms with Crippen LogP contribution in [0.5, 0.6) is 0 Å². The van der Waals surface area contributed by atoms with Crippen LogP contribution in [-0.4, -0.2) is 4.57 Å². The second kappa shape index (κ2) is 12.4. The highest BCUT2D eigenvalue weighted by molar-refractivity contribution is 6.23. The fourth-order valence-electron chi connectivity index (χ4n) is 11.7. The first-order valence-corrected chi connectivity index (χ1v) is 22.3. The van der Waals surface area contributed by atoms with Crippen molar-refractivity contribution in [1.29, 1.82) is 0 Å². The molecular weight excluding hydrogens is 781 g/mol. The molecule has 4 heteroatoms. The average molecular weight is 823 g/mol. The van der Waals surface area contributed by atoms with Crippen molar-refractivity contribution in [2.24, 2.45) is 0 Å². The Morgan fingerprint density at radius 3 is 1.53 bits per heavy atom. The normalized spacial score (nSPS) is 14.5. The second-order valence-corrected chi connectivity index (χ2v) is 18.8. The highest BCUT2D eigenvalue weighted by Gasteiger charge is 2.38. The van der Waals surface area contributed by atoms with Gasteiger partial charge in [-0.15, -0.1) is 0 Å². The zero-order chi connectivity index (χ0) is 42.6. The van der Waals surface area contributed by atoms with Gasteiger partial charge in [-0.05, 0) is 99.1 Å². The molecule has 0 fully saturated rings. The Hall–Kier alpha value is -7.82. The van der Waals surface area contributed by atoms with E-state index in [1.165, 1.54) is 55.3 Å². The van der Waals surface area contributed by atoms with E-state index in [2.05, 4.69) is 213 Å². The third kappa shape index (κ3) is 4.57. The number of fused-ring (bicyclic) bond motifs is 15. The molecule has 0 radical (unpaired) electrons. The fourth-order valence-corrected chi connectivity index (χ4v) is 11.7. The van der Waals surface area contributed by atoms with Gasteiger partial charge >= 0.3 is 0 Å². The third-order valence-electron chi connectivity index (χ3n) is 14.8. The zero-order valence-corrected chi connectivity index (χ0v) is 36.0. The minimum absolute atomic E-state index is 0.172. The largest absolute Gasteiger partial charge is 0.456 e. The predicted molar refractivity (Wildman–Crippen MR) is 265 cm³/mol. The first-order chi connectivity index (χ1) is 31.3. The minimum atomic E-state index is -0.172. The van der Waals surface area contributed by atoms with Crippen LogP contribution in [0.15, 0.2) is 191 Å². The van der Waals surface area contributed by atoms with E-state index in [9.17, 15) is 0 Å². The van der Waals surface area contributed by atoms with Crippen LogP contribution in [0.3, 0.4) is 0 Å². The van der Waals surface area contributed by atoms with Crippen LogP contribution in [0.1, 0.15) is 49.9 Å². The Bertz CT molecular complexity index is 3820. The van der Waals surface area contributed by atoms with Gasteiger partial charge in [0, 0.05) is 49.1 Å². The molecule has 12 aromatic rings. The number of rotatable bonds is 4. The predicted octanol–water partition coefficient (Wildman–Crippen LogP) is 16.7. The molecule has 0 bridgehead atoms. The van der Waals surface area contributed by atoms with Crippen molar-refractivity contribution in [2.45, 2.75) is 38.5 Å². The van der Waals surface area contributed by atoms with Gasteiger partial charge < -0.3 is 18.3 Å². The molecule has 9 aromatic carbocycles. The van der Waals surface area contributed by atoms with Crippen LogP contribution in [0, 0.1) is 0 Å². The molecule has 0 N–H and O–H groups in total. The van der Waals surface area contributed by atoms with E-state index < -0.39 is 0 Å². The lowest BCUT2D eigenvalue weighted by Gasteiger charge is -2.29. The number of benzene rings is 9. The summed E-state index contributed by atoms with van der Waals surface area (Å²) in [6, 6.07) is 66.5. The number of hydrogen-bond acceptors (Lipinski definition) is 3. The molecule has 14 rings (SSSR count). The SMILES string of the molecule is CC1(C)c2ccccc2-c2ccc(N(c3ccc4c(c3)C(C)(C)c3ccccc3-4)c3cccc4c3oc3c(-n5c6ccccc6c6ccccc65)c5c(cc34)oc3ccccc35)cc21. The summed E-state index contributed by atoms with van der Waals surface area (Å²) in [7, 11) is 0. The Morgan fingerprint density at radius 2 is 0.906 bits per heavy atom. The second-order valence-electron chi connectivity index (χ2n) is 18.8. The van der Waals surface area contributed by atoms with Gasteiger partial charge in [0.15, 0.2) is 11.2 Å². The van der Waals surface area contributed by atoms with E-state index >= 15 is 0 Å². The molecule has 0 spiro atoms. The van der Waals surface area contributed by atoms with Crippen LogP contribution >= 0.6 is 0 Å². The molecule has 0 saturated carbocycles. The Balaban J connectivity index is 1.08. The van der Waals surface area contributed by atoms with Crippen molar-refractivity contribution in [3.05, 3.63) is 204 Å². The maximum absolute atomic E-state index is 7.55. The summed E-state index contributed by atoms with van der Waals surface area (Å²) in [5.74, 6) is 0. The molecule has 0 saturated heterocycles. The fraction of sp³-hybridized carbons (Fsp3) is 0.100. The van der Waals surface area contributed by atoms with Gasteiger partial charge in [0.25, 0.3) is 0 Å². The van der Waals surface area contributed by atoms with Gasteiger partial charge in [-0.3, -0.25) is 0 Å². The number of anilines is 3. The van der Waals surface area contributed by atoms with E-state index in [0.717, 1.165) is 77.7 Å². The van der Waals surface area contributed by atoms with Gasteiger partial charge in [-0.2, -0.15) is 0 Å². The lowest BCUT2D eigenvalue weighted by atomic mass is 9.82. The summed E-state index contributed by atoms with van der Waals surface area (Å²) < 4.78 is 16.7. The van der Waals surface area contributed by atoms with E-state index in [-0.39, 0.29) is 10.8 Å². The van der Waals surface area contributed by atoms with Crippen molar-refractivity contribution in [3.63, 3.8) is 0 Å². The summed E-state index contributed by atoms with van der Waals surface area (Å²) in [4.78, 5) is 2.43. The highest BCUT2D eigenvalue weighted by Crippen LogP contribution is 2.54. The summed E-state index contributed by atoms with van der Waals surface area (Å²) >= 11 is 0.